The Labute approximate surface area is 106 Å². The molecule has 0 spiro atoms. The van der Waals surface area contributed by atoms with Crippen molar-refractivity contribution in [3.05, 3.63) is 30.5 Å². The standard InChI is InChI=1S/C14H16N2S/c15-14-11-6-3-9-16-12(11)7-8-13(14)17-10-4-1-2-5-10/h3,6-10H,1-2,4-5,15H2. The topological polar surface area (TPSA) is 38.9 Å². The van der Waals surface area contributed by atoms with E-state index in [2.05, 4.69) is 23.2 Å². The number of nitrogens with two attached hydrogens (primary N) is 1. The second kappa shape index (κ2) is 4.57. The van der Waals surface area contributed by atoms with Crippen LogP contribution in [0.1, 0.15) is 25.7 Å². The maximum atomic E-state index is 6.24. The Morgan fingerprint density at radius 3 is 2.82 bits per heavy atom. The molecule has 0 bridgehead atoms. The van der Waals surface area contributed by atoms with E-state index in [1.54, 1.807) is 0 Å². The monoisotopic (exact) mass is 244 g/mol. The lowest BCUT2D eigenvalue weighted by Crippen LogP contribution is -1.97. The molecule has 1 heterocycles. The van der Waals surface area contributed by atoms with Crippen LogP contribution in [0.3, 0.4) is 0 Å². The van der Waals surface area contributed by atoms with E-state index in [0.717, 1.165) is 21.8 Å². The molecule has 3 rings (SSSR count). The number of benzene rings is 1. The molecule has 2 N–H and O–H groups in total. The molecule has 0 unspecified atom stereocenters. The second-order valence-corrected chi connectivity index (χ2v) is 5.91. The molecule has 0 aliphatic heterocycles. The number of rotatable bonds is 2. The fraction of sp³-hybridized carbons (Fsp3) is 0.357. The van der Waals surface area contributed by atoms with Gasteiger partial charge in [0, 0.05) is 21.7 Å². The molecule has 1 aromatic heterocycles. The third kappa shape index (κ3) is 2.12. The van der Waals surface area contributed by atoms with Gasteiger partial charge in [0.15, 0.2) is 0 Å². The highest BCUT2D eigenvalue weighted by Gasteiger charge is 2.17. The molecule has 1 aliphatic carbocycles. The van der Waals surface area contributed by atoms with E-state index < -0.39 is 0 Å². The van der Waals surface area contributed by atoms with Gasteiger partial charge in [0.05, 0.1) is 11.2 Å². The summed E-state index contributed by atoms with van der Waals surface area (Å²) in [5.41, 5.74) is 8.12. The van der Waals surface area contributed by atoms with Crippen LogP contribution in [-0.2, 0) is 0 Å². The van der Waals surface area contributed by atoms with Crippen LogP contribution in [0, 0.1) is 0 Å². The van der Waals surface area contributed by atoms with Crippen LogP contribution in [-0.4, -0.2) is 10.2 Å². The van der Waals surface area contributed by atoms with Crippen LogP contribution in [0.2, 0.25) is 0 Å². The number of anilines is 1. The van der Waals surface area contributed by atoms with E-state index in [1.807, 2.05) is 24.0 Å². The highest BCUT2D eigenvalue weighted by Crippen LogP contribution is 2.39. The summed E-state index contributed by atoms with van der Waals surface area (Å²) in [5, 5.41) is 1.84. The molecular weight excluding hydrogens is 228 g/mol. The van der Waals surface area contributed by atoms with Crippen LogP contribution in [0.5, 0.6) is 0 Å². The zero-order chi connectivity index (χ0) is 11.7. The molecule has 2 nitrogen and oxygen atoms in total. The Hall–Kier alpha value is -1.22. The molecule has 3 heteroatoms. The first-order valence-corrected chi connectivity index (χ1v) is 7.02. The Bertz CT molecular complexity index is 533. The lowest BCUT2D eigenvalue weighted by atomic mass is 10.2. The fourth-order valence-electron chi connectivity index (χ4n) is 2.44. The van der Waals surface area contributed by atoms with Crippen molar-refractivity contribution in [2.45, 2.75) is 35.8 Å². The lowest BCUT2D eigenvalue weighted by molar-refractivity contribution is 0.886. The maximum absolute atomic E-state index is 6.24. The minimum atomic E-state index is 0.756. The van der Waals surface area contributed by atoms with Gasteiger partial charge in [-0.05, 0) is 37.1 Å². The molecule has 1 aliphatic rings. The van der Waals surface area contributed by atoms with Gasteiger partial charge in [0.1, 0.15) is 0 Å². The van der Waals surface area contributed by atoms with Crippen molar-refractivity contribution < 1.29 is 0 Å². The fourth-order valence-corrected chi connectivity index (χ4v) is 3.76. The molecule has 0 amide bonds. The Kier molecular flexibility index (Phi) is 2.93. The van der Waals surface area contributed by atoms with Gasteiger partial charge in [0.2, 0.25) is 0 Å². The van der Waals surface area contributed by atoms with E-state index >= 15 is 0 Å². The van der Waals surface area contributed by atoms with Crippen LogP contribution in [0.25, 0.3) is 10.9 Å². The van der Waals surface area contributed by atoms with Crippen LogP contribution >= 0.6 is 11.8 Å². The van der Waals surface area contributed by atoms with E-state index in [0.29, 0.717) is 0 Å². The van der Waals surface area contributed by atoms with Gasteiger partial charge in [-0.15, -0.1) is 11.8 Å². The average molecular weight is 244 g/mol. The van der Waals surface area contributed by atoms with Crippen molar-refractivity contribution in [3.8, 4) is 0 Å². The quantitative estimate of drug-likeness (QED) is 0.815. The van der Waals surface area contributed by atoms with E-state index in [1.165, 1.54) is 30.6 Å². The number of hydrogen-bond acceptors (Lipinski definition) is 3. The van der Waals surface area contributed by atoms with E-state index in [9.17, 15) is 0 Å². The van der Waals surface area contributed by atoms with Gasteiger partial charge >= 0.3 is 0 Å². The van der Waals surface area contributed by atoms with E-state index in [-0.39, 0.29) is 0 Å². The number of nitrogen functional groups attached to an aromatic ring is 1. The highest BCUT2D eigenvalue weighted by molar-refractivity contribution is 8.00. The SMILES string of the molecule is Nc1c(SC2CCCC2)ccc2ncccc12. The number of hydrogen-bond donors (Lipinski definition) is 1. The van der Waals surface area contributed by atoms with Gasteiger partial charge < -0.3 is 5.73 Å². The number of fused-ring (bicyclic) bond motifs is 1. The Balaban J connectivity index is 1.96. The zero-order valence-corrected chi connectivity index (χ0v) is 10.5. The van der Waals surface area contributed by atoms with Crippen molar-refractivity contribution in [1.29, 1.82) is 0 Å². The third-order valence-corrected chi connectivity index (χ3v) is 4.80. The highest BCUT2D eigenvalue weighted by atomic mass is 32.2. The third-order valence-electron chi connectivity index (χ3n) is 3.38. The first-order valence-electron chi connectivity index (χ1n) is 6.14. The summed E-state index contributed by atoms with van der Waals surface area (Å²) in [6.45, 7) is 0. The van der Waals surface area contributed by atoms with Crippen LogP contribution < -0.4 is 5.73 Å². The van der Waals surface area contributed by atoms with Crippen molar-refractivity contribution in [1.82, 2.24) is 4.98 Å². The molecule has 1 fully saturated rings. The Morgan fingerprint density at radius 1 is 1.18 bits per heavy atom. The lowest BCUT2D eigenvalue weighted by Gasteiger charge is -2.12. The smallest absolute Gasteiger partial charge is 0.0723 e. The molecule has 2 aromatic rings. The number of pyridine rings is 1. The summed E-state index contributed by atoms with van der Waals surface area (Å²) in [5.74, 6) is 0. The first kappa shape index (κ1) is 10.9. The zero-order valence-electron chi connectivity index (χ0n) is 9.73. The predicted octanol–water partition coefficient (Wildman–Crippen LogP) is 3.85. The van der Waals surface area contributed by atoms with Crippen molar-refractivity contribution >= 4 is 28.4 Å². The molecule has 0 atom stereocenters. The first-order chi connectivity index (χ1) is 8.34. The molecule has 0 saturated heterocycles. The summed E-state index contributed by atoms with van der Waals surface area (Å²) in [7, 11) is 0. The summed E-state index contributed by atoms with van der Waals surface area (Å²) < 4.78 is 0. The largest absolute Gasteiger partial charge is 0.397 e. The van der Waals surface area contributed by atoms with Crippen LogP contribution in [0.4, 0.5) is 5.69 Å². The summed E-state index contributed by atoms with van der Waals surface area (Å²) >= 11 is 1.94. The van der Waals surface area contributed by atoms with Gasteiger partial charge in [-0.2, -0.15) is 0 Å². The van der Waals surface area contributed by atoms with E-state index in [4.69, 9.17) is 5.73 Å². The number of thioether (sulfide) groups is 1. The van der Waals surface area contributed by atoms with Crippen LogP contribution in [0.15, 0.2) is 35.4 Å². The summed E-state index contributed by atoms with van der Waals surface area (Å²) in [6.07, 6.45) is 7.20. The number of nitrogens with zero attached hydrogens (tertiary/aromatic N) is 1. The molecule has 1 saturated carbocycles. The minimum Gasteiger partial charge on any atom is -0.397 e. The van der Waals surface area contributed by atoms with Gasteiger partial charge in [-0.1, -0.05) is 12.8 Å². The molecule has 0 radical (unpaired) electrons. The van der Waals surface area contributed by atoms with Gasteiger partial charge in [-0.3, -0.25) is 4.98 Å². The molecular formula is C14H16N2S. The maximum Gasteiger partial charge on any atom is 0.0723 e. The van der Waals surface area contributed by atoms with Gasteiger partial charge in [-0.25, -0.2) is 0 Å². The minimum absolute atomic E-state index is 0.756. The Morgan fingerprint density at radius 2 is 2.00 bits per heavy atom. The summed E-state index contributed by atoms with van der Waals surface area (Å²) in [4.78, 5) is 5.55. The average Bonchev–Trinajstić information content (AvgIpc) is 2.86. The summed E-state index contributed by atoms with van der Waals surface area (Å²) in [6, 6.07) is 8.19. The normalized spacial score (nSPS) is 16.7. The number of aromatic nitrogens is 1. The van der Waals surface area contributed by atoms with Crippen molar-refractivity contribution in [2.24, 2.45) is 0 Å². The predicted molar refractivity (Wildman–Crippen MR) is 74.3 cm³/mol. The van der Waals surface area contributed by atoms with Crippen molar-refractivity contribution in [3.63, 3.8) is 0 Å². The van der Waals surface area contributed by atoms with Gasteiger partial charge in [0.25, 0.3) is 0 Å². The molecule has 1 aromatic carbocycles. The van der Waals surface area contributed by atoms with Crippen molar-refractivity contribution in [2.75, 3.05) is 5.73 Å². The molecule has 17 heavy (non-hydrogen) atoms. The second-order valence-electron chi connectivity index (χ2n) is 4.57. The molecule has 88 valence electrons.